The summed E-state index contributed by atoms with van der Waals surface area (Å²) < 4.78 is 27.9. The van der Waals surface area contributed by atoms with E-state index in [1.807, 2.05) is 31.4 Å². The molecule has 0 saturated carbocycles. The van der Waals surface area contributed by atoms with Crippen molar-refractivity contribution in [2.45, 2.75) is 25.7 Å². The summed E-state index contributed by atoms with van der Waals surface area (Å²) >= 11 is 1.68. The minimum absolute atomic E-state index is 0.267. The highest BCUT2D eigenvalue weighted by Gasteiger charge is 2.15. The predicted octanol–water partition coefficient (Wildman–Crippen LogP) is 5.14. The van der Waals surface area contributed by atoms with Crippen LogP contribution in [0.25, 0.3) is 11.1 Å². The Hall–Kier alpha value is -2.11. The minimum Gasteiger partial charge on any atom is -0.280 e. The van der Waals surface area contributed by atoms with Crippen molar-refractivity contribution < 1.29 is 8.42 Å². The highest BCUT2D eigenvalue weighted by Crippen LogP contribution is 2.31. The molecule has 1 heterocycles. The molecule has 0 spiro atoms. The largest absolute Gasteiger partial charge is 0.280 e. The van der Waals surface area contributed by atoms with E-state index >= 15 is 0 Å². The van der Waals surface area contributed by atoms with Gasteiger partial charge in [-0.05, 0) is 73.2 Å². The lowest BCUT2D eigenvalue weighted by Crippen LogP contribution is -2.13. The van der Waals surface area contributed by atoms with Gasteiger partial charge in [-0.3, -0.25) is 4.72 Å². The molecule has 0 aliphatic carbocycles. The van der Waals surface area contributed by atoms with Gasteiger partial charge in [0.2, 0.25) is 0 Å². The number of hydrogen-bond donors (Lipinski definition) is 1. The molecular weight excluding hydrogens is 338 g/mol. The van der Waals surface area contributed by atoms with Crippen LogP contribution in [0.1, 0.15) is 16.0 Å². The zero-order valence-electron chi connectivity index (χ0n) is 13.8. The molecule has 3 aromatic rings. The molecule has 1 aromatic heterocycles. The molecule has 24 heavy (non-hydrogen) atoms. The van der Waals surface area contributed by atoms with E-state index in [-0.39, 0.29) is 4.90 Å². The molecule has 2 aromatic carbocycles. The van der Waals surface area contributed by atoms with Gasteiger partial charge >= 0.3 is 0 Å². The molecule has 0 aliphatic rings. The highest BCUT2D eigenvalue weighted by atomic mass is 32.2. The molecule has 1 N–H and O–H groups in total. The van der Waals surface area contributed by atoms with Gasteiger partial charge in [-0.1, -0.05) is 23.8 Å². The smallest absolute Gasteiger partial charge is 0.261 e. The van der Waals surface area contributed by atoms with Crippen molar-refractivity contribution in [3.05, 3.63) is 69.9 Å². The second-order valence-electron chi connectivity index (χ2n) is 5.90. The van der Waals surface area contributed by atoms with Gasteiger partial charge in [0.15, 0.2) is 0 Å². The van der Waals surface area contributed by atoms with Crippen molar-refractivity contribution in [2.75, 3.05) is 4.72 Å². The lowest BCUT2D eigenvalue weighted by atomic mass is 10.0. The summed E-state index contributed by atoms with van der Waals surface area (Å²) in [5.74, 6) is 0. The van der Waals surface area contributed by atoms with Gasteiger partial charge in [0.1, 0.15) is 0 Å². The predicted molar refractivity (Wildman–Crippen MR) is 101 cm³/mol. The quantitative estimate of drug-likeness (QED) is 0.702. The molecule has 5 heteroatoms. The summed E-state index contributed by atoms with van der Waals surface area (Å²) in [4.78, 5) is 1.48. The fourth-order valence-electron chi connectivity index (χ4n) is 2.61. The molecular formula is C19H19NO2S2. The zero-order valence-corrected chi connectivity index (χ0v) is 15.5. The van der Waals surface area contributed by atoms with Gasteiger partial charge in [-0.2, -0.15) is 0 Å². The lowest BCUT2D eigenvalue weighted by Gasteiger charge is -2.11. The molecule has 124 valence electrons. The third-order valence-corrected chi connectivity index (χ3v) is 6.07. The number of benzene rings is 2. The molecule has 3 rings (SSSR count). The van der Waals surface area contributed by atoms with E-state index < -0.39 is 10.0 Å². The molecule has 0 amide bonds. The number of nitrogens with one attached hydrogen (secondary N) is 1. The maximum absolute atomic E-state index is 12.6. The lowest BCUT2D eigenvalue weighted by molar-refractivity contribution is 0.601. The Bertz CT molecular complexity index is 971. The summed E-state index contributed by atoms with van der Waals surface area (Å²) in [6.45, 7) is 5.97. The topological polar surface area (TPSA) is 46.2 Å². The molecule has 0 bridgehead atoms. The molecule has 0 aliphatic heterocycles. The monoisotopic (exact) mass is 357 g/mol. The van der Waals surface area contributed by atoms with E-state index in [9.17, 15) is 8.42 Å². The van der Waals surface area contributed by atoms with Crippen LogP contribution in [0.15, 0.2) is 58.8 Å². The summed E-state index contributed by atoms with van der Waals surface area (Å²) in [7, 11) is -3.59. The highest BCUT2D eigenvalue weighted by molar-refractivity contribution is 7.92. The Kier molecular flexibility index (Phi) is 4.47. The molecule has 0 atom stereocenters. The summed E-state index contributed by atoms with van der Waals surface area (Å²) in [6, 6.07) is 14.7. The molecule has 0 fully saturated rings. The number of hydrogen-bond acceptors (Lipinski definition) is 3. The van der Waals surface area contributed by atoms with E-state index in [1.165, 1.54) is 4.88 Å². The van der Waals surface area contributed by atoms with Gasteiger partial charge in [-0.25, -0.2) is 8.42 Å². The second kappa shape index (κ2) is 6.42. The summed E-state index contributed by atoms with van der Waals surface area (Å²) in [5, 5.41) is 2.04. The van der Waals surface area contributed by atoms with Crippen molar-refractivity contribution in [3.63, 3.8) is 0 Å². The number of aryl methyl sites for hydroxylation is 3. The fourth-order valence-corrected chi connectivity index (χ4v) is 4.37. The SMILES string of the molecule is Cc1ccc(S(=O)(=O)Nc2cc(C)cc(-c3ccsc3C)c2)cc1. The van der Waals surface area contributed by atoms with E-state index in [4.69, 9.17) is 0 Å². The third-order valence-electron chi connectivity index (χ3n) is 3.83. The standard InChI is InChI=1S/C19H19NO2S2/c1-13-4-6-18(7-5-13)24(21,22)20-17-11-14(2)10-16(12-17)19-8-9-23-15(19)3/h4-12,20H,1-3H3. The first-order chi connectivity index (χ1) is 11.3. The van der Waals surface area contributed by atoms with Crippen molar-refractivity contribution in [1.29, 1.82) is 0 Å². The Labute approximate surface area is 147 Å². The Morgan fingerprint density at radius 2 is 1.58 bits per heavy atom. The van der Waals surface area contributed by atoms with Crippen LogP contribution in [0.5, 0.6) is 0 Å². The number of sulfonamides is 1. The van der Waals surface area contributed by atoms with Crippen LogP contribution in [-0.4, -0.2) is 8.42 Å². The minimum atomic E-state index is -3.59. The van der Waals surface area contributed by atoms with Crippen molar-refractivity contribution >= 4 is 27.0 Å². The maximum Gasteiger partial charge on any atom is 0.261 e. The van der Waals surface area contributed by atoms with E-state index in [1.54, 1.807) is 35.6 Å². The average molecular weight is 358 g/mol. The van der Waals surface area contributed by atoms with Gasteiger partial charge in [0.05, 0.1) is 4.90 Å². The van der Waals surface area contributed by atoms with Gasteiger partial charge in [0, 0.05) is 10.6 Å². The van der Waals surface area contributed by atoms with Crippen LogP contribution in [0.2, 0.25) is 0 Å². The first-order valence-electron chi connectivity index (χ1n) is 7.61. The van der Waals surface area contributed by atoms with E-state index in [0.29, 0.717) is 5.69 Å². The summed E-state index contributed by atoms with van der Waals surface area (Å²) in [6.07, 6.45) is 0. The van der Waals surface area contributed by atoms with E-state index in [0.717, 1.165) is 22.3 Å². The Morgan fingerprint density at radius 3 is 2.21 bits per heavy atom. The first kappa shape index (κ1) is 16.7. The summed E-state index contributed by atoms with van der Waals surface area (Å²) in [5.41, 5.74) is 4.78. The van der Waals surface area contributed by atoms with Gasteiger partial charge in [0.25, 0.3) is 10.0 Å². The van der Waals surface area contributed by atoms with Crippen LogP contribution in [0.3, 0.4) is 0 Å². The van der Waals surface area contributed by atoms with Crippen molar-refractivity contribution in [3.8, 4) is 11.1 Å². The van der Waals surface area contributed by atoms with Crippen molar-refractivity contribution in [1.82, 2.24) is 0 Å². The van der Waals surface area contributed by atoms with Crippen LogP contribution in [0.4, 0.5) is 5.69 Å². The van der Waals surface area contributed by atoms with Crippen LogP contribution < -0.4 is 4.72 Å². The normalized spacial score (nSPS) is 11.5. The number of thiophene rings is 1. The van der Waals surface area contributed by atoms with E-state index in [2.05, 4.69) is 23.8 Å². The Morgan fingerprint density at radius 1 is 0.875 bits per heavy atom. The van der Waals surface area contributed by atoms with Crippen LogP contribution >= 0.6 is 11.3 Å². The zero-order chi connectivity index (χ0) is 17.3. The first-order valence-corrected chi connectivity index (χ1v) is 9.97. The maximum atomic E-state index is 12.6. The second-order valence-corrected chi connectivity index (χ2v) is 8.70. The Balaban J connectivity index is 1.97. The number of rotatable bonds is 4. The molecule has 0 saturated heterocycles. The van der Waals surface area contributed by atoms with Gasteiger partial charge < -0.3 is 0 Å². The van der Waals surface area contributed by atoms with Crippen LogP contribution in [-0.2, 0) is 10.0 Å². The van der Waals surface area contributed by atoms with Gasteiger partial charge in [-0.15, -0.1) is 11.3 Å². The molecule has 0 unspecified atom stereocenters. The van der Waals surface area contributed by atoms with Crippen LogP contribution in [0, 0.1) is 20.8 Å². The fraction of sp³-hybridized carbons (Fsp3) is 0.158. The third kappa shape index (κ3) is 3.52. The average Bonchev–Trinajstić information content (AvgIpc) is 2.93. The number of anilines is 1. The molecule has 3 nitrogen and oxygen atoms in total. The van der Waals surface area contributed by atoms with Crippen molar-refractivity contribution in [2.24, 2.45) is 0 Å². The molecule has 0 radical (unpaired) electrons.